The number of ether oxygens (including phenoxy) is 1. The van der Waals surface area contributed by atoms with Gasteiger partial charge in [-0.05, 0) is 37.6 Å². The van der Waals surface area contributed by atoms with E-state index in [-0.39, 0.29) is 11.9 Å². The van der Waals surface area contributed by atoms with Crippen LogP contribution >= 0.6 is 0 Å². The standard InChI is InChI=1S/C13H20FNO/c1-3-15-13(9-10-16-4-2)11-5-7-12(14)8-6-11/h5-8,13,15H,3-4,9-10H2,1-2H3. The van der Waals surface area contributed by atoms with Gasteiger partial charge in [0.15, 0.2) is 0 Å². The zero-order chi connectivity index (χ0) is 11.8. The van der Waals surface area contributed by atoms with Gasteiger partial charge in [-0.2, -0.15) is 0 Å². The van der Waals surface area contributed by atoms with Gasteiger partial charge >= 0.3 is 0 Å². The molecule has 16 heavy (non-hydrogen) atoms. The van der Waals surface area contributed by atoms with Gasteiger partial charge < -0.3 is 10.1 Å². The molecule has 0 amide bonds. The summed E-state index contributed by atoms with van der Waals surface area (Å²) in [7, 11) is 0. The molecule has 0 aromatic heterocycles. The number of halogens is 1. The first-order chi connectivity index (χ1) is 7.77. The number of nitrogens with one attached hydrogen (secondary N) is 1. The Morgan fingerprint density at radius 1 is 1.25 bits per heavy atom. The van der Waals surface area contributed by atoms with Gasteiger partial charge in [-0.3, -0.25) is 0 Å². The molecule has 0 radical (unpaired) electrons. The van der Waals surface area contributed by atoms with Crippen LogP contribution in [0.1, 0.15) is 31.9 Å². The van der Waals surface area contributed by atoms with E-state index in [9.17, 15) is 4.39 Å². The SMILES string of the molecule is CCNC(CCOCC)c1ccc(F)cc1. The van der Waals surface area contributed by atoms with Crippen molar-refractivity contribution in [2.45, 2.75) is 26.3 Å². The molecule has 0 aliphatic carbocycles. The Hall–Kier alpha value is -0.930. The predicted octanol–water partition coefficient (Wildman–Crippen LogP) is 2.90. The maximum Gasteiger partial charge on any atom is 0.123 e. The summed E-state index contributed by atoms with van der Waals surface area (Å²) in [5.74, 6) is -0.191. The molecule has 0 saturated heterocycles. The molecule has 0 heterocycles. The summed E-state index contributed by atoms with van der Waals surface area (Å²) in [4.78, 5) is 0. The highest BCUT2D eigenvalue weighted by atomic mass is 19.1. The fraction of sp³-hybridized carbons (Fsp3) is 0.538. The topological polar surface area (TPSA) is 21.3 Å². The fourth-order valence-electron chi connectivity index (χ4n) is 1.67. The van der Waals surface area contributed by atoms with Crippen molar-refractivity contribution in [1.29, 1.82) is 0 Å². The third kappa shape index (κ3) is 4.29. The van der Waals surface area contributed by atoms with Gasteiger partial charge in [-0.25, -0.2) is 4.39 Å². The predicted molar refractivity (Wildman–Crippen MR) is 63.9 cm³/mol. The van der Waals surface area contributed by atoms with E-state index < -0.39 is 0 Å². The lowest BCUT2D eigenvalue weighted by Gasteiger charge is -2.18. The van der Waals surface area contributed by atoms with Crippen LogP contribution in [0.3, 0.4) is 0 Å². The van der Waals surface area contributed by atoms with Crippen molar-refractivity contribution in [3.05, 3.63) is 35.6 Å². The van der Waals surface area contributed by atoms with E-state index in [0.717, 1.165) is 31.7 Å². The van der Waals surface area contributed by atoms with Gasteiger partial charge in [0, 0.05) is 19.3 Å². The van der Waals surface area contributed by atoms with E-state index in [0.29, 0.717) is 0 Å². The van der Waals surface area contributed by atoms with E-state index in [1.807, 2.05) is 19.1 Å². The minimum absolute atomic E-state index is 0.191. The molecule has 0 bridgehead atoms. The average molecular weight is 225 g/mol. The number of rotatable bonds is 7. The van der Waals surface area contributed by atoms with Crippen LogP contribution in [0.4, 0.5) is 4.39 Å². The van der Waals surface area contributed by atoms with Crippen LogP contribution in [0.5, 0.6) is 0 Å². The molecule has 1 rings (SSSR count). The lowest BCUT2D eigenvalue weighted by molar-refractivity contribution is 0.136. The normalized spacial score (nSPS) is 12.7. The van der Waals surface area contributed by atoms with E-state index in [4.69, 9.17) is 4.74 Å². The first kappa shape index (κ1) is 13.1. The quantitative estimate of drug-likeness (QED) is 0.720. The highest BCUT2D eigenvalue weighted by Gasteiger charge is 2.09. The molecule has 0 aliphatic rings. The van der Waals surface area contributed by atoms with E-state index in [2.05, 4.69) is 12.2 Å². The zero-order valence-corrected chi connectivity index (χ0v) is 10.0. The van der Waals surface area contributed by atoms with E-state index in [1.165, 1.54) is 12.1 Å². The lowest BCUT2D eigenvalue weighted by Crippen LogP contribution is -2.22. The second-order valence-corrected chi connectivity index (χ2v) is 3.65. The molecule has 3 heteroatoms. The molecule has 1 aromatic rings. The lowest BCUT2D eigenvalue weighted by atomic mass is 10.0. The first-order valence-electron chi connectivity index (χ1n) is 5.84. The molecule has 1 aromatic carbocycles. The van der Waals surface area contributed by atoms with E-state index in [1.54, 1.807) is 0 Å². The second kappa shape index (κ2) is 7.36. The second-order valence-electron chi connectivity index (χ2n) is 3.65. The summed E-state index contributed by atoms with van der Waals surface area (Å²) in [6.45, 7) is 6.42. The van der Waals surface area contributed by atoms with Gasteiger partial charge in [-0.1, -0.05) is 19.1 Å². The van der Waals surface area contributed by atoms with Gasteiger partial charge in [0.25, 0.3) is 0 Å². The van der Waals surface area contributed by atoms with Crippen molar-refractivity contribution in [2.24, 2.45) is 0 Å². The van der Waals surface area contributed by atoms with Crippen LogP contribution in [-0.2, 0) is 4.74 Å². The molecule has 0 spiro atoms. The third-order valence-electron chi connectivity index (χ3n) is 2.48. The van der Waals surface area contributed by atoms with Gasteiger partial charge in [-0.15, -0.1) is 0 Å². The summed E-state index contributed by atoms with van der Waals surface area (Å²) >= 11 is 0. The third-order valence-corrected chi connectivity index (χ3v) is 2.48. The van der Waals surface area contributed by atoms with Crippen LogP contribution in [0.15, 0.2) is 24.3 Å². The molecule has 0 aliphatic heterocycles. The van der Waals surface area contributed by atoms with Crippen LogP contribution in [-0.4, -0.2) is 19.8 Å². The summed E-state index contributed by atoms with van der Waals surface area (Å²) in [5, 5.41) is 3.37. The van der Waals surface area contributed by atoms with Crippen LogP contribution in [0.2, 0.25) is 0 Å². The summed E-state index contributed by atoms with van der Waals surface area (Å²) in [6, 6.07) is 6.90. The van der Waals surface area contributed by atoms with Gasteiger partial charge in [0.05, 0.1) is 0 Å². The minimum Gasteiger partial charge on any atom is -0.382 e. The van der Waals surface area contributed by atoms with Crippen molar-refractivity contribution in [3.8, 4) is 0 Å². The molecular formula is C13H20FNO. The molecular weight excluding hydrogens is 205 g/mol. The summed E-state index contributed by atoms with van der Waals surface area (Å²) in [6.07, 6.45) is 0.910. The molecule has 0 saturated carbocycles. The largest absolute Gasteiger partial charge is 0.382 e. The smallest absolute Gasteiger partial charge is 0.123 e. The van der Waals surface area contributed by atoms with Crippen molar-refractivity contribution in [2.75, 3.05) is 19.8 Å². The molecule has 1 atom stereocenters. The Morgan fingerprint density at radius 3 is 2.50 bits per heavy atom. The van der Waals surface area contributed by atoms with Crippen molar-refractivity contribution >= 4 is 0 Å². The van der Waals surface area contributed by atoms with Crippen LogP contribution in [0.25, 0.3) is 0 Å². The van der Waals surface area contributed by atoms with Crippen molar-refractivity contribution < 1.29 is 9.13 Å². The molecule has 1 unspecified atom stereocenters. The first-order valence-corrected chi connectivity index (χ1v) is 5.84. The number of hydrogen-bond acceptors (Lipinski definition) is 2. The molecule has 2 nitrogen and oxygen atoms in total. The van der Waals surface area contributed by atoms with Gasteiger partial charge in [0.1, 0.15) is 5.82 Å². The number of hydrogen-bond donors (Lipinski definition) is 1. The Morgan fingerprint density at radius 2 is 1.94 bits per heavy atom. The number of benzene rings is 1. The minimum atomic E-state index is -0.191. The average Bonchev–Trinajstić information content (AvgIpc) is 2.29. The fourth-order valence-corrected chi connectivity index (χ4v) is 1.67. The van der Waals surface area contributed by atoms with Crippen LogP contribution in [0, 0.1) is 5.82 Å². The Bertz CT molecular complexity index is 286. The van der Waals surface area contributed by atoms with Crippen molar-refractivity contribution in [3.63, 3.8) is 0 Å². The molecule has 0 fully saturated rings. The van der Waals surface area contributed by atoms with Crippen molar-refractivity contribution in [1.82, 2.24) is 5.32 Å². The Balaban J connectivity index is 2.57. The highest BCUT2D eigenvalue weighted by molar-refractivity contribution is 5.19. The summed E-state index contributed by atoms with van der Waals surface area (Å²) in [5.41, 5.74) is 1.11. The monoisotopic (exact) mass is 225 g/mol. The molecule has 1 N–H and O–H groups in total. The zero-order valence-electron chi connectivity index (χ0n) is 10.0. The maximum absolute atomic E-state index is 12.8. The summed E-state index contributed by atoms with van der Waals surface area (Å²) < 4.78 is 18.1. The van der Waals surface area contributed by atoms with Crippen LogP contribution < -0.4 is 5.32 Å². The Kier molecular flexibility index (Phi) is 6.04. The molecule has 90 valence electrons. The van der Waals surface area contributed by atoms with Gasteiger partial charge in [0.2, 0.25) is 0 Å². The highest BCUT2D eigenvalue weighted by Crippen LogP contribution is 2.17. The van der Waals surface area contributed by atoms with E-state index >= 15 is 0 Å². The Labute approximate surface area is 96.8 Å². The maximum atomic E-state index is 12.8.